The smallest absolute Gasteiger partial charge is 0.175 e. The third-order valence-corrected chi connectivity index (χ3v) is 6.02. The maximum Gasteiger partial charge on any atom is 0.175 e. The highest BCUT2D eigenvalue weighted by Gasteiger charge is 2.18. The van der Waals surface area contributed by atoms with Gasteiger partial charge >= 0.3 is 0 Å². The van der Waals surface area contributed by atoms with E-state index in [1.807, 2.05) is 42.5 Å². The lowest BCUT2D eigenvalue weighted by atomic mass is 9.86. The van der Waals surface area contributed by atoms with Crippen LogP contribution in [0.4, 0.5) is 0 Å². The minimum Gasteiger partial charge on any atom is -0.395 e. The van der Waals surface area contributed by atoms with Crippen LogP contribution in [0, 0.1) is 0 Å². The summed E-state index contributed by atoms with van der Waals surface area (Å²) in [5.41, 5.74) is 3.03. The summed E-state index contributed by atoms with van der Waals surface area (Å²) in [6.07, 6.45) is 6.44. The minimum absolute atomic E-state index is 0.00210. The molecule has 0 spiro atoms. The van der Waals surface area contributed by atoms with Gasteiger partial charge in [-0.1, -0.05) is 64.5 Å². The predicted octanol–water partition coefficient (Wildman–Crippen LogP) is 4.81. The average Bonchev–Trinajstić information content (AvgIpc) is 2.64. The normalized spacial score (nSPS) is 13.6. The molecule has 0 saturated heterocycles. The van der Waals surface area contributed by atoms with Gasteiger partial charge in [0.2, 0.25) is 0 Å². The van der Waals surface area contributed by atoms with Crippen molar-refractivity contribution in [2.75, 3.05) is 18.2 Å². The number of hydrogen-bond donors (Lipinski definition) is 1. The van der Waals surface area contributed by atoms with E-state index >= 15 is 0 Å². The number of sulfone groups is 1. The van der Waals surface area contributed by atoms with Crippen molar-refractivity contribution in [1.29, 1.82) is 0 Å². The summed E-state index contributed by atoms with van der Waals surface area (Å²) in [7, 11) is -3.22. The first kappa shape index (κ1) is 20.9. The van der Waals surface area contributed by atoms with Crippen molar-refractivity contribution in [2.24, 2.45) is 0 Å². The summed E-state index contributed by atoms with van der Waals surface area (Å²) in [4.78, 5) is 0.306. The molecule has 0 saturated carbocycles. The number of hydrogen-bond acceptors (Lipinski definition) is 3. The second-order valence-corrected chi connectivity index (χ2v) is 9.10. The molecule has 0 bridgehead atoms. The summed E-state index contributed by atoms with van der Waals surface area (Å²) >= 11 is 3.45. The molecule has 26 heavy (non-hydrogen) atoms. The first-order chi connectivity index (χ1) is 12.5. The Morgan fingerprint density at radius 1 is 1.08 bits per heavy atom. The Balaban J connectivity index is 2.40. The Hall–Kier alpha value is -1.43. The Morgan fingerprint density at radius 2 is 1.73 bits per heavy atom. The summed E-state index contributed by atoms with van der Waals surface area (Å²) < 4.78 is 23.4. The van der Waals surface area contributed by atoms with Crippen LogP contribution in [0.5, 0.6) is 0 Å². The highest BCUT2D eigenvalue weighted by Crippen LogP contribution is 2.33. The van der Waals surface area contributed by atoms with Crippen molar-refractivity contribution in [3.8, 4) is 0 Å². The standard InChI is InChI=1S/C21H25BrO3S/c1-26(24,25)19-13-11-18(12-14-19)20(10-6-3-7-15-22)21(16-23)17-8-4-2-5-9-17/h2,4-5,8-14,21,23H,3,6-7,15-16H2,1H3/b20-10+. The van der Waals surface area contributed by atoms with E-state index in [0.29, 0.717) is 4.90 Å². The lowest BCUT2D eigenvalue weighted by Gasteiger charge is -2.20. The fraction of sp³-hybridized carbons (Fsp3) is 0.333. The molecule has 1 unspecified atom stereocenters. The molecule has 2 rings (SSSR count). The molecule has 2 aromatic carbocycles. The molecule has 0 aromatic heterocycles. The van der Waals surface area contributed by atoms with Gasteiger partial charge in [-0.05, 0) is 48.1 Å². The second-order valence-electron chi connectivity index (χ2n) is 6.29. The number of unbranched alkanes of at least 4 members (excludes halogenated alkanes) is 2. The summed E-state index contributed by atoms with van der Waals surface area (Å²) in [5.74, 6) is -0.135. The van der Waals surface area contributed by atoms with E-state index in [9.17, 15) is 13.5 Å². The van der Waals surface area contributed by atoms with Crippen LogP contribution < -0.4 is 0 Å². The van der Waals surface area contributed by atoms with Gasteiger partial charge in [0, 0.05) is 17.5 Å². The average molecular weight is 437 g/mol. The van der Waals surface area contributed by atoms with Crippen molar-refractivity contribution >= 4 is 31.3 Å². The Labute approximate surface area is 164 Å². The van der Waals surface area contributed by atoms with Gasteiger partial charge in [-0.2, -0.15) is 0 Å². The summed E-state index contributed by atoms with van der Waals surface area (Å²) in [6.45, 7) is 0.00210. The van der Waals surface area contributed by atoms with Gasteiger partial charge in [-0.15, -0.1) is 0 Å². The topological polar surface area (TPSA) is 54.4 Å². The number of aliphatic hydroxyl groups is 1. The number of alkyl halides is 1. The zero-order chi connectivity index (χ0) is 19.0. The van der Waals surface area contributed by atoms with E-state index in [1.165, 1.54) is 6.26 Å². The van der Waals surface area contributed by atoms with Crippen LogP contribution in [0.3, 0.4) is 0 Å². The molecule has 140 valence electrons. The Kier molecular flexibility index (Phi) is 8.07. The van der Waals surface area contributed by atoms with E-state index in [4.69, 9.17) is 0 Å². The number of aliphatic hydroxyl groups excluding tert-OH is 1. The minimum atomic E-state index is -3.22. The molecule has 0 amide bonds. The first-order valence-electron chi connectivity index (χ1n) is 8.69. The van der Waals surface area contributed by atoms with Crippen LogP contribution >= 0.6 is 15.9 Å². The summed E-state index contributed by atoms with van der Waals surface area (Å²) in [6, 6.07) is 16.8. The van der Waals surface area contributed by atoms with Crippen LogP contribution in [-0.4, -0.2) is 31.7 Å². The van der Waals surface area contributed by atoms with Crippen molar-refractivity contribution in [3.05, 3.63) is 71.8 Å². The first-order valence-corrected chi connectivity index (χ1v) is 11.7. The second kappa shape index (κ2) is 10.0. The molecule has 0 aliphatic carbocycles. The summed E-state index contributed by atoms with van der Waals surface area (Å²) in [5, 5.41) is 11.0. The lowest BCUT2D eigenvalue weighted by molar-refractivity contribution is 0.286. The van der Waals surface area contributed by atoms with Gasteiger partial charge in [0.1, 0.15) is 0 Å². The van der Waals surface area contributed by atoms with Gasteiger partial charge in [-0.25, -0.2) is 8.42 Å². The van der Waals surface area contributed by atoms with Gasteiger partial charge in [-0.3, -0.25) is 0 Å². The molecule has 0 fully saturated rings. The highest BCUT2D eigenvalue weighted by molar-refractivity contribution is 9.09. The van der Waals surface area contributed by atoms with Crippen molar-refractivity contribution in [2.45, 2.75) is 30.1 Å². The lowest BCUT2D eigenvalue weighted by Crippen LogP contribution is -2.07. The zero-order valence-corrected chi connectivity index (χ0v) is 17.3. The number of rotatable bonds is 9. The predicted molar refractivity (Wildman–Crippen MR) is 111 cm³/mol. The van der Waals surface area contributed by atoms with Crippen LogP contribution in [-0.2, 0) is 9.84 Å². The number of halogens is 1. The maximum atomic E-state index is 11.7. The molecule has 5 heteroatoms. The van der Waals surface area contributed by atoms with Gasteiger partial charge < -0.3 is 5.11 Å². The molecule has 1 atom stereocenters. The van der Waals surface area contributed by atoms with Gasteiger partial charge in [0.25, 0.3) is 0 Å². The van der Waals surface area contributed by atoms with Crippen molar-refractivity contribution in [3.63, 3.8) is 0 Å². The molecule has 0 heterocycles. The molecular weight excluding hydrogens is 412 g/mol. The molecule has 0 radical (unpaired) electrons. The highest BCUT2D eigenvalue weighted by atomic mass is 79.9. The molecule has 1 N–H and O–H groups in total. The van der Waals surface area contributed by atoms with Crippen molar-refractivity contribution in [1.82, 2.24) is 0 Å². The van der Waals surface area contributed by atoms with E-state index in [2.05, 4.69) is 22.0 Å². The third kappa shape index (κ3) is 5.79. The fourth-order valence-corrected chi connectivity index (χ4v) is 3.95. The molecule has 3 nitrogen and oxygen atoms in total. The van der Waals surface area contributed by atoms with E-state index in [1.54, 1.807) is 12.1 Å². The fourth-order valence-electron chi connectivity index (χ4n) is 2.92. The third-order valence-electron chi connectivity index (χ3n) is 4.33. The largest absolute Gasteiger partial charge is 0.395 e. The van der Waals surface area contributed by atoms with E-state index in [0.717, 1.165) is 41.3 Å². The zero-order valence-electron chi connectivity index (χ0n) is 14.9. The van der Waals surface area contributed by atoms with Crippen LogP contribution in [0.25, 0.3) is 5.57 Å². The quantitative estimate of drug-likeness (QED) is 0.452. The van der Waals surface area contributed by atoms with Gasteiger partial charge in [0.15, 0.2) is 9.84 Å². The Bertz CT molecular complexity index is 812. The molecule has 2 aromatic rings. The van der Waals surface area contributed by atoms with E-state index < -0.39 is 9.84 Å². The molecular formula is C21H25BrO3S. The number of benzene rings is 2. The SMILES string of the molecule is CS(=O)(=O)c1ccc(/C(=C\CCCCBr)C(CO)c2ccccc2)cc1. The van der Waals surface area contributed by atoms with Crippen LogP contribution in [0.1, 0.15) is 36.3 Å². The van der Waals surface area contributed by atoms with Crippen molar-refractivity contribution < 1.29 is 13.5 Å². The monoisotopic (exact) mass is 436 g/mol. The molecule has 0 aliphatic rings. The van der Waals surface area contributed by atoms with E-state index in [-0.39, 0.29) is 12.5 Å². The van der Waals surface area contributed by atoms with Crippen LogP contribution in [0.2, 0.25) is 0 Å². The molecule has 0 aliphatic heterocycles. The van der Waals surface area contributed by atoms with Crippen LogP contribution in [0.15, 0.2) is 65.6 Å². The number of allylic oxidation sites excluding steroid dienone is 1. The van der Waals surface area contributed by atoms with Gasteiger partial charge in [0.05, 0.1) is 11.5 Å². The maximum absolute atomic E-state index is 11.7. The Morgan fingerprint density at radius 3 is 2.27 bits per heavy atom.